The van der Waals surface area contributed by atoms with Gasteiger partial charge < -0.3 is 4.74 Å². The van der Waals surface area contributed by atoms with E-state index in [0.717, 1.165) is 34.1 Å². The van der Waals surface area contributed by atoms with Crippen LogP contribution in [0.2, 0.25) is 0 Å². The van der Waals surface area contributed by atoms with Crippen molar-refractivity contribution in [3.8, 4) is 0 Å². The van der Waals surface area contributed by atoms with E-state index in [1.54, 1.807) is 23.9 Å². The predicted octanol–water partition coefficient (Wildman–Crippen LogP) is 4.19. The van der Waals surface area contributed by atoms with Gasteiger partial charge in [-0.15, -0.1) is 23.1 Å². The van der Waals surface area contributed by atoms with Crippen molar-refractivity contribution in [3.63, 3.8) is 0 Å². The molecule has 5 rings (SSSR count). The van der Waals surface area contributed by atoms with E-state index < -0.39 is 10.0 Å². The second kappa shape index (κ2) is 8.78. The molecule has 6 nitrogen and oxygen atoms in total. The standard InChI is InChI=1S/C22H25N3O3S3/c1-15-23-21(20-18-7-2-3-8-19(18)30-22(20)24-15)29-14-16-5-4-6-17(13-16)31(26,27)25-9-11-28-12-10-25/h4-6,13H,2-3,7-12,14H2,1H3. The number of fused-ring (bicyclic) bond motifs is 3. The van der Waals surface area contributed by atoms with Gasteiger partial charge in [-0.05, 0) is 55.9 Å². The largest absolute Gasteiger partial charge is 0.379 e. The number of ether oxygens (including phenoxy) is 1. The maximum Gasteiger partial charge on any atom is 0.243 e. The summed E-state index contributed by atoms with van der Waals surface area (Å²) in [5.74, 6) is 1.46. The van der Waals surface area contributed by atoms with E-state index in [2.05, 4.69) is 0 Å². The number of nitrogens with zero attached hydrogens (tertiary/aromatic N) is 3. The number of aromatic nitrogens is 2. The Morgan fingerprint density at radius 3 is 2.81 bits per heavy atom. The molecule has 9 heteroatoms. The van der Waals surface area contributed by atoms with Crippen molar-refractivity contribution in [2.75, 3.05) is 26.3 Å². The molecule has 1 fully saturated rings. The zero-order chi connectivity index (χ0) is 21.4. The smallest absolute Gasteiger partial charge is 0.243 e. The zero-order valence-corrected chi connectivity index (χ0v) is 19.9. The Morgan fingerprint density at radius 1 is 1.16 bits per heavy atom. The van der Waals surface area contributed by atoms with Crippen LogP contribution in [0.1, 0.15) is 34.7 Å². The van der Waals surface area contributed by atoms with Crippen LogP contribution in [0.5, 0.6) is 0 Å². The van der Waals surface area contributed by atoms with Gasteiger partial charge in [0.15, 0.2) is 0 Å². The van der Waals surface area contributed by atoms with Gasteiger partial charge in [-0.1, -0.05) is 12.1 Å². The first-order valence-corrected chi connectivity index (χ1v) is 13.8. The molecular weight excluding hydrogens is 450 g/mol. The molecule has 31 heavy (non-hydrogen) atoms. The number of hydrogen-bond acceptors (Lipinski definition) is 7. The fourth-order valence-electron chi connectivity index (χ4n) is 4.21. The first kappa shape index (κ1) is 21.3. The van der Waals surface area contributed by atoms with Gasteiger partial charge in [0, 0.05) is 29.1 Å². The molecule has 0 bridgehead atoms. The van der Waals surface area contributed by atoms with E-state index in [1.165, 1.54) is 33.0 Å². The van der Waals surface area contributed by atoms with Gasteiger partial charge in [-0.25, -0.2) is 18.4 Å². The minimum Gasteiger partial charge on any atom is -0.379 e. The monoisotopic (exact) mass is 475 g/mol. The summed E-state index contributed by atoms with van der Waals surface area (Å²) in [7, 11) is -3.49. The molecule has 2 aromatic heterocycles. The molecule has 0 unspecified atom stereocenters. The quantitative estimate of drug-likeness (QED) is 0.407. The average Bonchev–Trinajstić information content (AvgIpc) is 3.16. The Morgan fingerprint density at radius 2 is 1.97 bits per heavy atom. The van der Waals surface area contributed by atoms with Crippen LogP contribution in [0, 0.1) is 6.92 Å². The fraction of sp³-hybridized carbons (Fsp3) is 0.455. The highest BCUT2D eigenvalue weighted by Gasteiger charge is 2.26. The van der Waals surface area contributed by atoms with Crippen LogP contribution in [0.15, 0.2) is 34.2 Å². The van der Waals surface area contributed by atoms with Crippen molar-refractivity contribution in [3.05, 3.63) is 46.1 Å². The second-order valence-corrected chi connectivity index (χ2v) is 11.9. The number of morpholine rings is 1. The minimum atomic E-state index is -3.49. The summed E-state index contributed by atoms with van der Waals surface area (Å²) in [5, 5.41) is 2.23. The summed E-state index contributed by atoms with van der Waals surface area (Å²) >= 11 is 3.49. The number of thiophene rings is 1. The first-order valence-electron chi connectivity index (χ1n) is 10.6. The van der Waals surface area contributed by atoms with Crippen molar-refractivity contribution < 1.29 is 13.2 Å². The van der Waals surface area contributed by atoms with Crippen molar-refractivity contribution in [1.82, 2.24) is 14.3 Å². The van der Waals surface area contributed by atoms with Crippen molar-refractivity contribution in [2.24, 2.45) is 0 Å². The first-order chi connectivity index (χ1) is 15.0. The predicted molar refractivity (Wildman–Crippen MR) is 124 cm³/mol. The number of sulfonamides is 1. The summed E-state index contributed by atoms with van der Waals surface area (Å²) < 4.78 is 32.8. The lowest BCUT2D eigenvalue weighted by Crippen LogP contribution is -2.40. The molecule has 0 radical (unpaired) electrons. The molecule has 0 spiro atoms. The Labute approximate surface area is 191 Å². The third kappa shape index (κ3) is 4.26. The summed E-state index contributed by atoms with van der Waals surface area (Å²) in [6.07, 6.45) is 4.71. The molecule has 164 valence electrons. The molecule has 1 aromatic carbocycles. The highest BCUT2D eigenvalue weighted by atomic mass is 32.2. The molecule has 1 aliphatic heterocycles. The molecule has 0 saturated carbocycles. The van der Waals surface area contributed by atoms with E-state index >= 15 is 0 Å². The molecule has 0 N–H and O–H groups in total. The van der Waals surface area contributed by atoms with E-state index in [0.29, 0.717) is 37.0 Å². The lowest BCUT2D eigenvalue weighted by molar-refractivity contribution is 0.0730. The molecule has 1 saturated heterocycles. The highest BCUT2D eigenvalue weighted by molar-refractivity contribution is 7.98. The van der Waals surface area contributed by atoms with Crippen LogP contribution < -0.4 is 0 Å². The Kier molecular flexibility index (Phi) is 6.04. The molecule has 0 atom stereocenters. The summed E-state index contributed by atoms with van der Waals surface area (Å²) in [6, 6.07) is 7.30. The molecule has 2 aliphatic rings. The second-order valence-electron chi connectivity index (χ2n) is 7.92. The van der Waals surface area contributed by atoms with Crippen molar-refractivity contribution in [1.29, 1.82) is 0 Å². The maximum atomic E-state index is 13.0. The van der Waals surface area contributed by atoms with E-state index in [9.17, 15) is 8.42 Å². The van der Waals surface area contributed by atoms with Crippen LogP contribution in [0.25, 0.3) is 10.2 Å². The fourth-order valence-corrected chi connectivity index (χ4v) is 8.11. The van der Waals surface area contributed by atoms with Gasteiger partial charge in [0.2, 0.25) is 10.0 Å². The van der Waals surface area contributed by atoms with Crippen LogP contribution in [-0.4, -0.2) is 49.0 Å². The molecule has 1 aliphatic carbocycles. The van der Waals surface area contributed by atoms with E-state index in [-0.39, 0.29) is 0 Å². The molecule has 3 aromatic rings. The van der Waals surface area contributed by atoms with Crippen molar-refractivity contribution in [2.45, 2.75) is 48.3 Å². The molecule has 0 amide bonds. The van der Waals surface area contributed by atoms with Crippen LogP contribution in [0.3, 0.4) is 0 Å². The Balaban J connectivity index is 1.41. The van der Waals surface area contributed by atoms with Crippen LogP contribution in [0.4, 0.5) is 0 Å². The number of aryl methyl sites for hydroxylation is 3. The molecular formula is C22H25N3O3S3. The van der Waals surface area contributed by atoms with Crippen LogP contribution >= 0.6 is 23.1 Å². The van der Waals surface area contributed by atoms with E-state index in [4.69, 9.17) is 14.7 Å². The zero-order valence-electron chi connectivity index (χ0n) is 17.5. The highest BCUT2D eigenvalue weighted by Crippen LogP contribution is 2.40. The van der Waals surface area contributed by atoms with Gasteiger partial charge in [-0.3, -0.25) is 0 Å². The maximum absolute atomic E-state index is 13.0. The van der Waals surface area contributed by atoms with Gasteiger partial charge in [0.05, 0.1) is 18.1 Å². The summed E-state index contributed by atoms with van der Waals surface area (Å²) in [5.41, 5.74) is 2.41. The van der Waals surface area contributed by atoms with Crippen LogP contribution in [-0.2, 0) is 33.4 Å². The third-order valence-electron chi connectivity index (χ3n) is 5.78. The van der Waals surface area contributed by atoms with Crippen molar-refractivity contribution >= 4 is 43.3 Å². The Bertz CT molecular complexity index is 1220. The minimum absolute atomic E-state index is 0.351. The lowest BCUT2D eigenvalue weighted by atomic mass is 9.97. The lowest BCUT2D eigenvalue weighted by Gasteiger charge is -2.26. The topological polar surface area (TPSA) is 72.4 Å². The number of thioether (sulfide) groups is 1. The number of benzene rings is 1. The Hall–Kier alpha value is -1.52. The van der Waals surface area contributed by atoms with Gasteiger partial charge in [0.25, 0.3) is 0 Å². The van der Waals surface area contributed by atoms with E-state index in [1.807, 2.05) is 30.4 Å². The average molecular weight is 476 g/mol. The molecule has 3 heterocycles. The van der Waals surface area contributed by atoms with Gasteiger partial charge >= 0.3 is 0 Å². The number of hydrogen-bond donors (Lipinski definition) is 0. The number of rotatable bonds is 5. The summed E-state index contributed by atoms with van der Waals surface area (Å²) in [6.45, 7) is 3.65. The van der Waals surface area contributed by atoms with Gasteiger partial charge in [0.1, 0.15) is 15.7 Å². The third-order valence-corrected chi connectivity index (χ3v) is 9.90. The SMILES string of the molecule is Cc1nc(SCc2cccc(S(=O)(=O)N3CCOCC3)c2)c2c3c(sc2n1)CCCC3. The normalized spacial score (nSPS) is 17.7. The van der Waals surface area contributed by atoms with Gasteiger partial charge in [-0.2, -0.15) is 4.31 Å². The summed E-state index contributed by atoms with van der Waals surface area (Å²) in [4.78, 5) is 12.4.